The zero-order valence-electron chi connectivity index (χ0n) is 25.0. The van der Waals surface area contributed by atoms with E-state index in [1.54, 1.807) is 6.07 Å². The molecule has 12 nitrogen and oxygen atoms in total. The molecule has 0 saturated heterocycles. The van der Waals surface area contributed by atoms with Crippen LogP contribution in [-0.2, 0) is 19.4 Å². The zero-order chi connectivity index (χ0) is 31.9. The molecule has 0 spiro atoms. The van der Waals surface area contributed by atoms with Gasteiger partial charge in [-0.2, -0.15) is 0 Å². The van der Waals surface area contributed by atoms with Crippen molar-refractivity contribution in [2.75, 3.05) is 44.2 Å². The Labute approximate surface area is 260 Å². The summed E-state index contributed by atoms with van der Waals surface area (Å²) in [6.45, 7) is 11.4. The second-order valence-corrected chi connectivity index (χ2v) is 12.2. The molecule has 1 amide bonds. The lowest BCUT2D eigenvalue weighted by molar-refractivity contribution is -0.432. The SMILES string of the molecule is CCN(CC)c1ccc2c(-c3ccc(S(=O)(=O)NCCNC(=O)O)cc3SOOO)c3ccc(=[N+](CC)CC)cc-3oc2c1. The van der Waals surface area contributed by atoms with Crippen LogP contribution in [0.4, 0.5) is 10.5 Å². The standard InChI is InChI=1S/C30H36N4O8S2/c1-5-33(6-2)20-9-12-23-26(17-20)40-27-18-21(34(7-3)8-4)10-13-24(27)29(23)25-14-11-22(19-28(25)43-42-41-37)44(38,39)32-16-15-31-30(35)36/h9-14,17-19,31-32H,5-8,15-16H2,1-4H3,(H-,35,36,37)/p+1. The van der Waals surface area contributed by atoms with Gasteiger partial charge < -0.3 is 19.7 Å². The Hall–Kier alpha value is -3.66. The zero-order valence-corrected chi connectivity index (χ0v) is 26.6. The van der Waals surface area contributed by atoms with Crippen LogP contribution in [0.5, 0.6) is 0 Å². The maximum atomic E-state index is 13.1. The summed E-state index contributed by atoms with van der Waals surface area (Å²) in [7, 11) is -4.02. The van der Waals surface area contributed by atoms with Crippen LogP contribution in [0.2, 0.25) is 0 Å². The Bertz CT molecular complexity index is 1760. The predicted molar refractivity (Wildman–Crippen MR) is 170 cm³/mol. The van der Waals surface area contributed by atoms with Gasteiger partial charge in [-0.3, -0.25) is 0 Å². The molecular weight excluding hydrogens is 608 g/mol. The first-order valence-electron chi connectivity index (χ1n) is 14.3. The number of amides is 1. The normalized spacial score (nSPS) is 11.7. The van der Waals surface area contributed by atoms with Crippen LogP contribution in [0, 0.1) is 0 Å². The number of sulfonamides is 1. The fourth-order valence-electron chi connectivity index (χ4n) is 5.16. The number of carbonyl (C=O) groups is 1. The van der Waals surface area contributed by atoms with Crippen molar-refractivity contribution in [1.29, 1.82) is 0 Å². The number of nitrogens with one attached hydrogen (secondary N) is 2. The number of hydrogen-bond acceptors (Lipinski definition) is 9. The van der Waals surface area contributed by atoms with Crippen molar-refractivity contribution in [3.63, 3.8) is 0 Å². The fraction of sp³-hybridized carbons (Fsp3) is 0.333. The highest BCUT2D eigenvalue weighted by Gasteiger charge is 2.24. The minimum absolute atomic E-state index is 0.0810. The topological polar surface area (TPSA) is 154 Å². The summed E-state index contributed by atoms with van der Waals surface area (Å²) >= 11 is 0.651. The number of anilines is 1. The molecule has 1 heterocycles. The third-order valence-electron chi connectivity index (χ3n) is 7.33. The fourth-order valence-corrected chi connectivity index (χ4v) is 6.83. The van der Waals surface area contributed by atoms with Crippen LogP contribution in [0.1, 0.15) is 27.7 Å². The molecule has 0 radical (unpaired) electrons. The smallest absolute Gasteiger partial charge is 0.404 e. The van der Waals surface area contributed by atoms with Gasteiger partial charge in [-0.25, -0.2) is 27.8 Å². The van der Waals surface area contributed by atoms with E-state index in [0.29, 0.717) is 33.8 Å². The summed E-state index contributed by atoms with van der Waals surface area (Å²) in [5.74, 6) is 0.646. The van der Waals surface area contributed by atoms with Crippen molar-refractivity contribution < 1.29 is 37.4 Å². The maximum Gasteiger partial charge on any atom is 0.404 e. The molecule has 0 atom stereocenters. The van der Waals surface area contributed by atoms with E-state index in [-0.39, 0.29) is 18.0 Å². The van der Waals surface area contributed by atoms with Gasteiger partial charge in [0.25, 0.3) is 0 Å². The van der Waals surface area contributed by atoms with Crippen LogP contribution < -0.4 is 24.9 Å². The molecule has 0 saturated carbocycles. The first kappa shape index (κ1) is 33.2. The monoisotopic (exact) mass is 645 g/mol. The van der Waals surface area contributed by atoms with E-state index in [4.69, 9.17) is 19.1 Å². The lowest BCUT2D eigenvalue weighted by Crippen LogP contribution is -2.34. The molecule has 0 unspecified atom stereocenters. The van der Waals surface area contributed by atoms with Crippen LogP contribution in [0.3, 0.4) is 0 Å². The van der Waals surface area contributed by atoms with Gasteiger partial charge in [0.1, 0.15) is 24.4 Å². The molecular formula is C30H37N4O8S2+. The predicted octanol–water partition coefficient (Wildman–Crippen LogP) is 4.84. The number of rotatable bonds is 14. The van der Waals surface area contributed by atoms with E-state index in [0.717, 1.165) is 53.7 Å². The summed E-state index contributed by atoms with van der Waals surface area (Å²) in [6, 6.07) is 16.6. The van der Waals surface area contributed by atoms with Crippen molar-refractivity contribution >= 4 is 44.8 Å². The molecule has 44 heavy (non-hydrogen) atoms. The van der Waals surface area contributed by atoms with E-state index in [9.17, 15) is 13.2 Å². The van der Waals surface area contributed by atoms with Crippen molar-refractivity contribution in [1.82, 2.24) is 14.6 Å². The van der Waals surface area contributed by atoms with Gasteiger partial charge in [0.2, 0.25) is 15.4 Å². The highest BCUT2D eigenvalue weighted by atomic mass is 32.2. The molecule has 0 fully saturated rings. The molecule has 1 aliphatic heterocycles. The van der Waals surface area contributed by atoms with Gasteiger partial charge in [0.05, 0.1) is 23.0 Å². The molecule has 4 rings (SSSR count). The van der Waals surface area contributed by atoms with E-state index in [1.165, 1.54) is 12.1 Å². The van der Waals surface area contributed by atoms with Gasteiger partial charge in [-0.1, -0.05) is 11.1 Å². The van der Waals surface area contributed by atoms with Crippen LogP contribution in [-0.4, -0.2) is 64.1 Å². The van der Waals surface area contributed by atoms with Crippen molar-refractivity contribution in [2.24, 2.45) is 0 Å². The average Bonchev–Trinajstić information content (AvgIpc) is 3.02. The molecule has 2 aromatic rings. The molecule has 1 aliphatic carbocycles. The first-order chi connectivity index (χ1) is 21.2. The summed E-state index contributed by atoms with van der Waals surface area (Å²) in [6.07, 6.45) is -1.25. The Morgan fingerprint density at radius 3 is 2.36 bits per heavy atom. The van der Waals surface area contributed by atoms with Gasteiger partial charge in [-0.05, 0) is 63.6 Å². The number of carboxylic acid groups (broad SMARTS) is 1. The van der Waals surface area contributed by atoms with E-state index >= 15 is 0 Å². The molecule has 14 heteroatoms. The van der Waals surface area contributed by atoms with Gasteiger partial charge in [0, 0.05) is 65.4 Å². The van der Waals surface area contributed by atoms with Gasteiger partial charge in [0.15, 0.2) is 0 Å². The number of benzene rings is 3. The van der Waals surface area contributed by atoms with E-state index < -0.39 is 16.1 Å². The summed E-state index contributed by atoms with van der Waals surface area (Å²) < 4.78 is 42.0. The van der Waals surface area contributed by atoms with Crippen LogP contribution in [0.15, 0.2) is 68.8 Å². The Morgan fingerprint density at radius 2 is 1.70 bits per heavy atom. The highest BCUT2D eigenvalue weighted by molar-refractivity contribution is 7.94. The number of hydrogen-bond donors (Lipinski definition) is 4. The quantitative estimate of drug-likeness (QED) is 0.0374. The largest absolute Gasteiger partial charge is 0.465 e. The molecule has 2 aromatic carbocycles. The van der Waals surface area contributed by atoms with Crippen LogP contribution >= 0.6 is 12.0 Å². The average molecular weight is 646 g/mol. The lowest BCUT2D eigenvalue weighted by Gasteiger charge is -2.22. The summed E-state index contributed by atoms with van der Waals surface area (Å²) in [5.41, 5.74) is 3.85. The second-order valence-electron chi connectivity index (χ2n) is 9.70. The van der Waals surface area contributed by atoms with Crippen molar-refractivity contribution in [2.45, 2.75) is 37.5 Å². The molecule has 0 bridgehead atoms. The Kier molecular flexibility index (Phi) is 11.2. The summed E-state index contributed by atoms with van der Waals surface area (Å²) in [5, 5.41) is 25.5. The molecule has 2 aliphatic rings. The first-order valence-corrected chi connectivity index (χ1v) is 16.5. The second kappa shape index (κ2) is 14.9. The third kappa shape index (κ3) is 7.34. The highest BCUT2D eigenvalue weighted by Crippen LogP contribution is 2.44. The summed E-state index contributed by atoms with van der Waals surface area (Å²) in [4.78, 5) is 13.2. The maximum absolute atomic E-state index is 13.1. The minimum Gasteiger partial charge on any atom is -0.465 e. The van der Waals surface area contributed by atoms with Crippen molar-refractivity contribution in [3.8, 4) is 22.5 Å². The number of nitrogens with zero attached hydrogens (tertiary/aromatic N) is 2. The molecule has 0 aromatic heterocycles. The third-order valence-corrected chi connectivity index (χ3v) is 9.43. The minimum atomic E-state index is -4.02. The Morgan fingerprint density at radius 1 is 0.977 bits per heavy atom. The number of fused-ring (bicyclic) bond motifs is 2. The molecule has 4 N–H and O–H groups in total. The van der Waals surface area contributed by atoms with Gasteiger partial charge >= 0.3 is 6.09 Å². The van der Waals surface area contributed by atoms with Crippen molar-refractivity contribution in [3.05, 3.63) is 60.0 Å². The van der Waals surface area contributed by atoms with Gasteiger partial charge in [-0.15, -0.1) is 4.33 Å². The van der Waals surface area contributed by atoms with E-state index in [2.05, 4.69) is 52.2 Å². The van der Waals surface area contributed by atoms with E-state index in [1.807, 2.05) is 36.4 Å². The lowest BCUT2D eigenvalue weighted by atomic mass is 9.93. The molecule has 236 valence electrons. The Balaban J connectivity index is 1.96. The van der Waals surface area contributed by atoms with Crippen LogP contribution in [0.25, 0.3) is 33.4 Å².